The second kappa shape index (κ2) is 5.81. The van der Waals surface area contributed by atoms with Crippen LogP contribution in [0.2, 0.25) is 0 Å². The predicted octanol–water partition coefficient (Wildman–Crippen LogP) is 1.93. The number of nitrogens with zero attached hydrogens (tertiary/aromatic N) is 1. The summed E-state index contributed by atoms with van der Waals surface area (Å²) in [5, 5.41) is 0. The predicted molar refractivity (Wildman–Crippen MR) is 66.4 cm³/mol. The average Bonchev–Trinajstić information content (AvgIpc) is 2.26. The van der Waals surface area contributed by atoms with E-state index in [4.69, 9.17) is 0 Å². The molecule has 0 unspecified atom stereocenters. The molecule has 15 heavy (non-hydrogen) atoms. The highest BCUT2D eigenvalue weighted by Gasteiger charge is 2.05. The van der Waals surface area contributed by atoms with E-state index in [0.29, 0.717) is 0 Å². The van der Waals surface area contributed by atoms with Gasteiger partial charge in [-0.2, -0.15) is 12.6 Å². The molecule has 1 rings (SSSR count). The molecule has 0 aliphatic heterocycles. The molecule has 82 valence electrons. The lowest BCUT2D eigenvalue weighted by atomic mass is 10.1. The Bertz CT molecular complexity index is 321. The lowest BCUT2D eigenvalue weighted by molar-refractivity contribution is -0.127. The van der Waals surface area contributed by atoms with E-state index in [-0.39, 0.29) is 11.7 Å². The van der Waals surface area contributed by atoms with E-state index in [1.54, 1.807) is 4.90 Å². The second-order valence-corrected chi connectivity index (χ2v) is 4.03. The Balaban J connectivity index is 2.43. The number of rotatable bonds is 4. The first-order valence-electron chi connectivity index (χ1n) is 5.04. The number of likely N-dealkylation sites (N-methyl/N-ethyl adjacent to an activating group) is 1. The third-order valence-electron chi connectivity index (χ3n) is 2.42. The minimum Gasteiger partial charge on any atom is -0.345 e. The molecule has 0 aromatic heterocycles. The van der Waals surface area contributed by atoms with Gasteiger partial charge in [0.15, 0.2) is 0 Å². The number of hydrogen-bond donors (Lipinski definition) is 1. The maximum Gasteiger partial charge on any atom is 0.232 e. The maximum absolute atomic E-state index is 11.2. The molecule has 0 heterocycles. The van der Waals surface area contributed by atoms with Gasteiger partial charge in [-0.05, 0) is 18.9 Å². The molecule has 0 saturated heterocycles. The van der Waals surface area contributed by atoms with Crippen molar-refractivity contribution in [3.05, 3.63) is 35.4 Å². The van der Waals surface area contributed by atoms with Crippen LogP contribution in [0.3, 0.4) is 0 Å². The van der Waals surface area contributed by atoms with Crippen LogP contribution in [-0.4, -0.2) is 30.2 Å². The quantitative estimate of drug-likeness (QED) is 0.773. The summed E-state index contributed by atoms with van der Waals surface area (Å²) in [5.41, 5.74) is 2.53. The largest absolute Gasteiger partial charge is 0.345 e. The molecule has 0 fully saturated rings. The topological polar surface area (TPSA) is 20.3 Å². The standard InChI is InChI=1S/C12H17NOS/c1-10-3-5-11(6-4-10)7-8-13(2)12(14)9-15/h3-6,15H,7-9H2,1-2H3. The molecule has 0 N–H and O–H groups in total. The van der Waals surface area contributed by atoms with Crippen molar-refractivity contribution in [2.45, 2.75) is 13.3 Å². The van der Waals surface area contributed by atoms with Crippen molar-refractivity contribution in [2.24, 2.45) is 0 Å². The third-order valence-corrected chi connectivity index (χ3v) is 2.69. The van der Waals surface area contributed by atoms with Gasteiger partial charge in [-0.25, -0.2) is 0 Å². The van der Waals surface area contributed by atoms with Gasteiger partial charge in [0.2, 0.25) is 5.91 Å². The first-order valence-corrected chi connectivity index (χ1v) is 5.67. The minimum atomic E-state index is 0.0745. The lowest BCUT2D eigenvalue weighted by Gasteiger charge is -2.15. The van der Waals surface area contributed by atoms with Gasteiger partial charge in [0.05, 0.1) is 5.75 Å². The summed E-state index contributed by atoms with van der Waals surface area (Å²) in [4.78, 5) is 13.0. The monoisotopic (exact) mass is 223 g/mol. The van der Waals surface area contributed by atoms with Crippen molar-refractivity contribution >= 4 is 18.5 Å². The fraction of sp³-hybridized carbons (Fsp3) is 0.417. The molecule has 0 saturated carbocycles. The van der Waals surface area contributed by atoms with Gasteiger partial charge in [-0.3, -0.25) is 4.79 Å². The van der Waals surface area contributed by atoms with E-state index in [0.717, 1.165) is 13.0 Å². The van der Waals surface area contributed by atoms with Gasteiger partial charge < -0.3 is 4.90 Å². The van der Waals surface area contributed by atoms with Crippen LogP contribution in [0.15, 0.2) is 24.3 Å². The second-order valence-electron chi connectivity index (χ2n) is 3.71. The van der Waals surface area contributed by atoms with Crippen LogP contribution < -0.4 is 0 Å². The Morgan fingerprint density at radius 3 is 2.47 bits per heavy atom. The summed E-state index contributed by atoms with van der Waals surface area (Å²) in [7, 11) is 1.81. The molecule has 1 aromatic carbocycles. The number of hydrogen-bond acceptors (Lipinski definition) is 2. The van der Waals surface area contributed by atoms with Crippen molar-refractivity contribution < 1.29 is 4.79 Å². The molecule has 1 amide bonds. The van der Waals surface area contributed by atoms with E-state index in [1.165, 1.54) is 11.1 Å². The molecule has 0 spiro atoms. The molecular weight excluding hydrogens is 206 g/mol. The number of carbonyl (C=O) groups is 1. The number of amides is 1. The number of carbonyl (C=O) groups excluding carboxylic acids is 1. The zero-order chi connectivity index (χ0) is 11.3. The normalized spacial score (nSPS) is 10.1. The number of thiol groups is 1. The molecule has 2 nitrogen and oxygen atoms in total. The Labute approximate surface area is 96.7 Å². The zero-order valence-corrected chi connectivity index (χ0v) is 10.1. The van der Waals surface area contributed by atoms with Gasteiger partial charge in [0.25, 0.3) is 0 Å². The highest BCUT2D eigenvalue weighted by Crippen LogP contribution is 2.04. The van der Waals surface area contributed by atoms with Crippen LogP contribution in [0.25, 0.3) is 0 Å². The Kier molecular flexibility index (Phi) is 4.69. The van der Waals surface area contributed by atoms with Crippen molar-refractivity contribution in [3.63, 3.8) is 0 Å². The molecular formula is C12H17NOS. The van der Waals surface area contributed by atoms with Crippen LogP contribution in [0.1, 0.15) is 11.1 Å². The first kappa shape index (κ1) is 12.1. The van der Waals surface area contributed by atoms with Gasteiger partial charge in [0.1, 0.15) is 0 Å². The van der Waals surface area contributed by atoms with E-state index < -0.39 is 0 Å². The molecule has 3 heteroatoms. The average molecular weight is 223 g/mol. The summed E-state index contributed by atoms with van der Waals surface area (Å²) in [6.07, 6.45) is 0.899. The third kappa shape index (κ3) is 3.96. The van der Waals surface area contributed by atoms with Gasteiger partial charge >= 0.3 is 0 Å². The van der Waals surface area contributed by atoms with Crippen LogP contribution in [0.4, 0.5) is 0 Å². The number of benzene rings is 1. The van der Waals surface area contributed by atoms with Gasteiger partial charge in [0, 0.05) is 13.6 Å². The lowest BCUT2D eigenvalue weighted by Crippen LogP contribution is -2.29. The van der Waals surface area contributed by atoms with Crippen molar-refractivity contribution in [1.82, 2.24) is 4.90 Å². The summed E-state index contributed by atoms with van der Waals surface area (Å²) < 4.78 is 0. The molecule has 0 radical (unpaired) electrons. The van der Waals surface area contributed by atoms with Crippen molar-refractivity contribution in [1.29, 1.82) is 0 Å². The fourth-order valence-electron chi connectivity index (χ4n) is 1.30. The van der Waals surface area contributed by atoms with E-state index in [2.05, 4.69) is 43.8 Å². The molecule has 0 bridgehead atoms. The van der Waals surface area contributed by atoms with E-state index in [1.807, 2.05) is 7.05 Å². The van der Waals surface area contributed by atoms with Crippen molar-refractivity contribution in [3.8, 4) is 0 Å². The minimum absolute atomic E-state index is 0.0745. The Morgan fingerprint density at radius 2 is 1.93 bits per heavy atom. The fourth-order valence-corrected chi connectivity index (χ4v) is 1.54. The summed E-state index contributed by atoms with van der Waals surface area (Å²) in [6.45, 7) is 2.82. The smallest absolute Gasteiger partial charge is 0.232 e. The SMILES string of the molecule is Cc1ccc(CCN(C)C(=O)CS)cc1. The summed E-state index contributed by atoms with van der Waals surface area (Å²) in [6, 6.07) is 8.40. The van der Waals surface area contributed by atoms with Crippen LogP contribution in [-0.2, 0) is 11.2 Å². The molecule has 0 atom stereocenters. The summed E-state index contributed by atoms with van der Waals surface area (Å²) in [5.74, 6) is 0.357. The van der Waals surface area contributed by atoms with Gasteiger partial charge in [-0.1, -0.05) is 29.8 Å². The first-order chi connectivity index (χ1) is 7.13. The highest BCUT2D eigenvalue weighted by molar-refractivity contribution is 7.81. The van der Waals surface area contributed by atoms with E-state index >= 15 is 0 Å². The number of aryl methyl sites for hydroxylation is 1. The highest BCUT2D eigenvalue weighted by atomic mass is 32.1. The van der Waals surface area contributed by atoms with Crippen molar-refractivity contribution in [2.75, 3.05) is 19.3 Å². The Morgan fingerprint density at radius 1 is 1.33 bits per heavy atom. The maximum atomic E-state index is 11.2. The zero-order valence-electron chi connectivity index (χ0n) is 9.23. The molecule has 0 aliphatic carbocycles. The summed E-state index contributed by atoms with van der Waals surface area (Å²) >= 11 is 3.96. The molecule has 0 aliphatic rings. The Hall–Kier alpha value is -0.960. The van der Waals surface area contributed by atoms with Crippen LogP contribution in [0.5, 0.6) is 0 Å². The van der Waals surface area contributed by atoms with Crippen LogP contribution in [0, 0.1) is 6.92 Å². The molecule has 1 aromatic rings. The van der Waals surface area contributed by atoms with Crippen LogP contribution >= 0.6 is 12.6 Å². The van der Waals surface area contributed by atoms with E-state index in [9.17, 15) is 4.79 Å². The van der Waals surface area contributed by atoms with Gasteiger partial charge in [-0.15, -0.1) is 0 Å².